The summed E-state index contributed by atoms with van der Waals surface area (Å²) in [4.78, 5) is 34.3. The quantitative estimate of drug-likeness (QED) is 0.440. The summed E-state index contributed by atoms with van der Waals surface area (Å²) in [5.41, 5.74) is 1.38. The molecule has 0 spiro atoms. The fourth-order valence-corrected chi connectivity index (χ4v) is 5.92. The van der Waals surface area contributed by atoms with Gasteiger partial charge in [0.2, 0.25) is 0 Å². The summed E-state index contributed by atoms with van der Waals surface area (Å²) in [5, 5.41) is 0.569. The largest absolute Gasteiger partial charge is 0.459 e. The zero-order valence-electron chi connectivity index (χ0n) is 21.4. The predicted octanol–water partition coefficient (Wildman–Crippen LogP) is 4.67. The number of aromatic nitrogens is 1. The number of halogens is 1. The third kappa shape index (κ3) is 5.18. The van der Waals surface area contributed by atoms with Crippen molar-refractivity contribution >= 4 is 40.9 Å². The average Bonchev–Trinajstić information content (AvgIpc) is 3.43. The van der Waals surface area contributed by atoms with Gasteiger partial charge in [-0.2, -0.15) is 0 Å². The number of ether oxygens (including phenoxy) is 1. The first kappa shape index (κ1) is 25.5. The molecule has 7 nitrogen and oxygen atoms in total. The fraction of sp³-hybridized carbons (Fsp3) is 0.393. The third-order valence-corrected chi connectivity index (χ3v) is 7.99. The Morgan fingerprint density at radius 1 is 1.19 bits per heavy atom. The van der Waals surface area contributed by atoms with Crippen molar-refractivity contribution in [3.63, 3.8) is 0 Å². The van der Waals surface area contributed by atoms with E-state index in [1.165, 1.54) is 11.3 Å². The van der Waals surface area contributed by atoms with Gasteiger partial charge in [-0.15, -0.1) is 0 Å². The second kappa shape index (κ2) is 10.3. The zero-order valence-corrected chi connectivity index (χ0v) is 22.9. The number of hydrogen-bond donors (Lipinski definition) is 0. The van der Waals surface area contributed by atoms with Crippen LogP contribution < -0.4 is 19.8 Å². The van der Waals surface area contributed by atoms with Gasteiger partial charge in [-0.25, -0.2) is 9.79 Å². The Kier molecular flexibility index (Phi) is 7.14. The lowest BCUT2D eigenvalue weighted by atomic mass is 9.96. The maximum atomic E-state index is 13.7. The van der Waals surface area contributed by atoms with Crippen molar-refractivity contribution in [2.75, 3.05) is 18.0 Å². The highest BCUT2D eigenvalue weighted by atomic mass is 35.5. The van der Waals surface area contributed by atoms with Gasteiger partial charge in [0.25, 0.3) is 5.56 Å². The smallest absolute Gasteiger partial charge is 0.338 e. The Morgan fingerprint density at radius 3 is 2.57 bits per heavy atom. The number of allylic oxidation sites excluding steroid dienone is 1. The molecular weight excluding hydrogens is 510 g/mol. The van der Waals surface area contributed by atoms with Gasteiger partial charge in [0, 0.05) is 30.3 Å². The van der Waals surface area contributed by atoms with Crippen LogP contribution in [0.1, 0.15) is 57.9 Å². The van der Waals surface area contributed by atoms with Crippen LogP contribution in [-0.2, 0) is 9.53 Å². The van der Waals surface area contributed by atoms with Gasteiger partial charge in [-0.05, 0) is 63.3 Å². The fourth-order valence-electron chi connectivity index (χ4n) is 4.77. The van der Waals surface area contributed by atoms with Crippen molar-refractivity contribution in [1.29, 1.82) is 0 Å². The van der Waals surface area contributed by atoms with Gasteiger partial charge in [-0.1, -0.05) is 42.0 Å². The number of rotatable bonds is 5. The molecule has 5 rings (SSSR count). The van der Waals surface area contributed by atoms with Crippen molar-refractivity contribution in [2.45, 2.75) is 52.7 Å². The highest BCUT2D eigenvalue weighted by Crippen LogP contribution is 2.31. The van der Waals surface area contributed by atoms with Crippen LogP contribution in [0.15, 0.2) is 61.9 Å². The van der Waals surface area contributed by atoms with Gasteiger partial charge in [0.1, 0.15) is 5.76 Å². The van der Waals surface area contributed by atoms with E-state index in [-0.39, 0.29) is 11.7 Å². The van der Waals surface area contributed by atoms with Crippen LogP contribution in [0.2, 0.25) is 5.02 Å². The van der Waals surface area contributed by atoms with E-state index in [2.05, 4.69) is 16.8 Å². The number of benzene rings is 1. The number of hydrogen-bond acceptors (Lipinski definition) is 7. The minimum atomic E-state index is -0.676. The second-order valence-corrected chi connectivity index (χ2v) is 11.4. The summed E-state index contributed by atoms with van der Waals surface area (Å²) in [6, 6.07) is 10.3. The molecule has 0 radical (unpaired) electrons. The van der Waals surface area contributed by atoms with Gasteiger partial charge in [0.15, 0.2) is 10.7 Å². The molecule has 194 valence electrons. The molecule has 1 atom stereocenters. The van der Waals surface area contributed by atoms with E-state index in [1.54, 1.807) is 43.5 Å². The molecule has 0 saturated carbocycles. The molecule has 3 aromatic rings. The average molecular weight is 540 g/mol. The number of esters is 1. The Labute approximate surface area is 224 Å². The normalized spacial score (nSPS) is 18.8. The van der Waals surface area contributed by atoms with E-state index in [1.807, 2.05) is 24.3 Å². The van der Waals surface area contributed by atoms with E-state index in [0.29, 0.717) is 31.4 Å². The molecule has 4 heterocycles. The standard InChI is InChI=1S/C28H30ClN3O4S/c1-16(2)35-27(34)24-18(4)30-28-32(25(24)19-5-7-20(29)8-6-19)26(33)22(37-28)15-21-9-10-23(36-21)31-13-11-17(3)12-14-31/h5-10,15-17,25H,11-14H2,1-4H3/b22-15+. The molecule has 9 heteroatoms. The third-order valence-electron chi connectivity index (χ3n) is 6.75. The number of fused-ring (bicyclic) bond motifs is 1. The maximum absolute atomic E-state index is 13.7. The molecule has 1 aromatic carbocycles. The van der Waals surface area contributed by atoms with E-state index in [9.17, 15) is 9.59 Å². The van der Waals surface area contributed by atoms with E-state index < -0.39 is 12.0 Å². The molecule has 0 bridgehead atoms. The summed E-state index contributed by atoms with van der Waals surface area (Å²) >= 11 is 7.41. The first-order valence-corrected chi connectivity index (χ1v) is 13.7. The SMILES string of the molecule is CC1=C(C(=O)OC(C)C)C(c2ccc(Cl)cc2)n2c(s/c(=C/c3ccc(N4CCC(C)CC4)o3)c2=O)=N1. The monoisotopic (exact) mass is 539 g/mol. The second-order valence-electron chi connectivity index (χ2n) is 9.93. The van der Waals surface area contributed by atoms with Gasteiger partial charge in [0.05, 0.1) is 27.9 Å². The van der Waals surface area contributed by atoms with Gasteiger partial charge >= 0.3 is 5.97 Å². The van der Waals surface area contributed by atoms with E-state index in [0.717, 1.165) is 43.3 Å². The topological polar surface area (TPSA) is 77.0 Å². The first-order valence-electron chi connectivity index (χ1n) is 12.5. The molecule has 2 aromatic heterocycles. The van der Waals surface area contributed by atoms with Crippen LogP contribution in [0.5, 0.6) is 0 Å². The van der Waals surface area contributed by atoms with Gasteiger partial charge < -0.3 is 14.1 Å². The molecule has 2 aliphatic rings. The lowest BCUT2D eigenvalue weighted by Crippen LogP contribution is -2.40. The highest BCUT2D eigenvalue weighted by molar-refractivity contribution is 7.07. The van der Waals surface area contributed by atoms with E-state index >= 15 is 0 Å². The number of carbonyl (C=O) groups is 1. The number of nitrogens with zero attached hydrogens (tertiary/aromatic N) is 3. The Morgan fingerprint density at radius 2 is 1.89 bits per heavy atom. The number of piperidine rings is 1. The lowest BCUT2D eigenvalue weighted by Gasteiger charge is -2.29. The zero-order chi connectivity index (χ0) is 26.3. The Hall–Kier alpha value is -3.10. The van der Waals surface area contributed by atoms with Crippen molar-refractivity contribution < 1.29 is 13.9 Å². The summed E-state index contributed by atoms with van der Waals surface area (Å²) in [5.74, 6) is 1.67. The summed E-state index contributed by atoms with van der Waals surface area (Å²) in [7, 11) is 0. The maximum Gasteiger partial charge on any atom is 0.338 e. The van der Waals surface area contributed by atoms with Crippen LogP contribution in [-0.4, -0.2) is 29.7 Å². The van der Waals surface area contributed by atoms with Crippen molar-refractivity contribution in [2.24, 2.45) is 10.9 Å². The van der Waals surface area contributed by atoms with Crippen LogP contribution in [0.4, 0.5) is 5.88 Å². The summed E-state index contributed by atoms with van der Waals surface area (Å²) < 4.78 is 13.7. The number of carbonyl (C=O) groups excluding carboxylic acids is 1. The van der Waals surface area contributed by atoms with Gasteiger partial charge in [-0.3, -0.25) is 9.36 Å². The lowest BCUT2D eigenvalue weighted by molar-refractivity contribution is -0.143. The molecule has 2 aliphatic heterocycles. The van der Waals surface area contributed by atoms with Crippen LogP contribution >= 0.6 is 22.9 Å². The number of thiazole rings is 1. The van der Waals surface area contributed by atoms with Crippen LogP contribution in [0.3, 0.4) is 0 Å². The summed E-state index contributed by atoms with van der Waals surface area (Å²) in [6.07, 6.45) is 3.73. The minimum Gasteiger partial charge on any atom is -0.459 e. The van der Waals surface area contributed by atoms with Crippen molar-refractivity contribution in [3.05, 3.63) is 83.7 Å². The predicted molar refractivity (Wildman–Crippen MR) is 146 cm³/mol. The molecular formula is C28H30ClN3O4S. The number of furan rings is 1. The molecule has 37 heavy (non-hydrogen) atoms. The minimum absolute atomic E-state index is 0.240. The first-order chi connectivity index (χ1) is 17.7. The van der Waals surface area contributed by atoms with Crippen LogP contribution in [0.25, 0.3) is 6.08 Å². The molecule has 1 saturated heterocycles. The highest BCUT2D eigenvalue weighted by Gasteiger charge is 2.33. The number of anilines is 1. The van der Waals surface area contributed by atoms with E-state index in [4.69, 9.17) is 20.8 Å². The Bertz CT molecular complexity index is 1520. The summed E-state index contributed by atoms with van der Waals surface area (Å²) in [6.45, 7) is 9.56. The van der Waals surface area contributed by atoms with Crippen molar-refractivity contribution in [1.82, 2.24) is 4.57 Å². The Balaban J connectivity index is 1.58. The molecule has 0 aliphatic carbocycles. The molecule has 1 fully saturated rings. The molecule has 0 amide bonds. The van der Waals surface area contributed by atoms with Crippen LogP contribution in [0, 0.1) is 5.92 Å². The molecule has 1 unspecified atom stereocenters. The van der Waals surface area contributed by atoms with Crippen molar-refractivity contribution in [3.8, 4) is 0 Å². The molecule has 0 N–H and O–H groups in total.